The van der Waals surface area contributed by atoms with Crippen LogP contribution in [0.1, 0.15) is 16.7 Å². The van der Waals surface area contributed by atoms with E-state index in [0.717, 1.165) is 22.4 Å². The minimum Gasteiger partial charge on any atom is -0.491 e. The van der Waals surface area contributed by atoms with Crippen LogP contribution in [0.15, 0.2) is 30.3 Å². The highest BCUT2D eigenvalue weighted by Gasteiger charge is 2.17. The Morgan fingerprint density at radius 2 is 1.92 bits per heavy atom. The number of para-hydroxylation sites is 1. The number of benzene rings is 2. The Hall–Kier alpha value is -2.40. The van der Waals surface area contributed by atoms with Crippen molar-refractivity contribution in [3.05, 3.63) is 52.0 Å². The first-order valence-electron chi connectivity index (χ1n) is 8.58. The van der Waals surface area contributed by atoms with E-state index in [4.69, 9.17) is 25.8 Å². The van der Waals surface area contributed by atoms with Gasteiger partial charge >= 0.3 is 0 Å². The minimum absolute atomic E-state index is 0.0946. The summed E-state index contributed by atoms with van der Waals surface area (Å²) < 4.78 is 16.8. The molecule has 0 saturated heterocycles. The molecule has 0 fully saturated rings. The lowest BCUT2D eigenvalue weighted by Gasteiger charge is -2.20. The maximum absolute atomic E-state index is 12.2. The molecule has 0 radical (unpaired) electrons. The van der Waals surface area contributed by atoms with Crippen LogP contribution >= 0.6 is 11.6 Å². The summed E-state index contributed by atoms with van der Waals surface area (Å²) in [6.45, 7) is 5.82. The first-order valence-corrected chi connectivity index (χ1v) is 8.96. The molecule has 5 nitrogen and oxygen atoms in total. The van der Waals surface area contributed by atoms with E-state index < -0.39 is 0 Å². The van der Waals surface area contributed by atoms with Gasteiger partial charge in [0, 0.05) is 0 Å². The number of hydrogen-bond acceptors (Lipinski definition) is 4. The van der Waals surface area contributed by atoms with Crippen LogP contribution in [-0.4, -0.2) is 32.3 Å². The van der Waals surface area contributed by atoms with Crippen LogP contribution in [0.5, 0.6) is 17.2 Å². The van der Waals surface area contributed by atoms with E-state index >= 15 is 0 Å². The van der Waals surface area contributed by atoms with Crippen molar-refractivity contribution in [2.24, 2.45) is 0 Å². The molecule has 0 aromatic heterocycles. The van der Waals surface area contributed by atoms with Gasteiger partial charge in [-0.05, 0) is 42.7 Å². The molecule has 0 unspecified atom stereocenters. The van der Waals surface area contributed by atoms with E-state index in [1.54, 1.807) is 12.1 Å². The average Bonchev–Trinajstić information content (AvgIpc) is 2.61. The smallest absolute Gasteiger partial charge is 0.224 e. The molecular formula is C20H22ClNO4. The van der Waals surface area contributed by atoms with Crippen molar-refractivity contribution in [3.8, 4) is 17.2 Å². The number of aryl methyl sites for hydroxylation is 2. The number of fused-ring (bicyclic) bond motifs is 1. The minimum atomic E-state index is -0.0946. The van der Waals surface area contributed by atoms with Crippen molar-refractivity contribution in [1.82, 2.24) is 5.32 Å². The Balaban J connectivity index is 1.49. The molecular weight excluding hydrogens is 354 g/mol. The molecule has 1 aliphatic rings. The lowest BCUT2D eigenvalue weighted by molar-refractivity contribution is -0.120. The standard InChI is InChI=1S/C20H22ClNO4/c1-13-4-3-5-14(2)19(13)25-7-6-22-18(23)12-15-10-16(21)20-17(11-15)24-8-9-26-20/h3-5,10-11H,6-9,12H2,1-2H3,(H,22,23). The predicted octanol–water partition coefficient (Wildman–Crippen LogP) is 3.47. The number of halogens is 1. The summed E-state index contributed by atoms with van der Waals surface area (Å²) >= 11 is 6.20. The molecule has 2 aromatic carbocycles. The quantitative estimate of drug-likeness (QED) is 0.785. The summed E-state index contributed by atoms with van der Waals surface area (Å²) in [5.41, 5.74) is 2.96. The summed E-state index contributed by atoms with van der Waals surface area (Å²) in [5, 5.41) is 3.32. The zero-order chi connectivity index (χ0) is 18.5. The Labute approximate surface area is 158 Å². The second kappa shape index (κ2) is 8.32. The second-order valence-corrected chi connectivity index (χ2v) is 6.61. The third-order valence-electron chi connectivity index (χ3n) is 4.10. The van der Waals surface area contributed by atoms with Gasteiger partial charge in [-0.1, -0.05) is 29.8 Å². The topological polar surface area (TPSA) is 56.8 Å². The molecule has 6 heteroatoms. The van der Waals surface area contributed by atoms with Gasteiger partial charge < -0.3 is 19.5 Å². The summed E-state index contributed by atoms with van der Waals surface area (Å²) in [5.74, 6) is 1.91. The van der Waals surface area contributed by atoms with E-state index in [2.05, 4.69) is 5.32 Å². The number of hydrogen-bond donors (Lipinski definition) is 1. The Morgan fingerprint density at radius 3 is 2.69 bits per heavy atom. The maximum Gasteiger partial charge on any atom is 0.224 e. The molecule has 1 aliphatic heterocycles. The van der Waals surface area contributed by atoms with E-state index in [-0.39, 0.29) is 12.3 Å². The van der Waals surface area contributed by atoms with Crippen LogP contribution in [0.2, 0.25) is 5.02 Å². The molecule has 2 aromatic rings. The molecule has 1 heterocycles. The molecule has 0 bridgehead atoms. The zero-order valence-corrected chi connectivity index (χ0v) is 15.7. The first-order chi connectivity index (χ1) is 12.5. The lowest BCUT2D eigenvalue weighted by atomic mass is 10.1. The van der Waals surface area contributed by atoms with Gasteiger partial charge in [0.15, 0.2) is 11.5 Å². The van der Waals surface area contributed by atoms with Gasteiger partial charge in [-0.3, -0.25) is 4.79 Å². The third-order valence-corrected chi connectivity index (χ3v) is 4.38. The first kappa shape index (κ1) is 18.4. The molecule has 1 amide bonds. The van der Waals surface area contributed by atoms with Crippen molar-refractivity contribution in [3.63, 3.8) is 0 Å². The molecule has 26 heavy (non-hydrogen) atoms. The van der Waals surface area contributed by atoms with Gasteiger partial charge in [-0.25, -0.2) is 0 Å². The van der Waals surface area contributed by atoms with Crippen LogP contribution < -0.4 is 19.5 Å². The molecule has 3 rings (SSSR count). The average molecular weight is 376 g/mol. The molecule has 0 aliphatic carbocycles. The van der Waals surface area contributed by atoms with Crippen LogP contribution in [0.4, 0.5) is 0 Å². The van der Waals surface area contributed by atoms with E-state index in [9.17, 15) is 4.79 Å². The van der Waals surface area contributed by atoms with Gasteiger partial charge in [0.05, 0.1) is 18.0 Å². The number of ether oxygens (including phenoxy) is 3. The highest BCUT2D eigenvalue weighted by molar-refractivity contribution is 6.32. The molecule has 1 N–H and O–H groups in total. The Kier molecular flexibility index (Phi) is 5.89. The number of nitrogens with one attached hydrogen (secondary N) is 1. The molecule has 138 valence electrons. The maximum atomic E-state index is 12.2. The molecule has 0 saturated carbocycles. The summed E-state index contributed by atoms with van der Waals surface area (Å²) in [7, 11) is 0. The van der Waals surface area contributed by atoms with Crippen LogP contribution in [0, 0.1) is 13.8 Å². The second-order valence-electron chi connectivity index (χ2n) is 6.20. The van der Waals surface area contributed by atoms with Gasteiger partial charge in [0.2, 0.25) is 5.91 Å². The third kappa shape index (κ3) is 4.41. The number of carbonyl (C=O) groups excluding carboxylic acids is 1. The van der Waals surface area contributed by atoms with E-state index in [1.165, 1.54) is 0 Å². The van der Waals surface area contributed by atoms with Crippen molar-refractivity contribution in [2.75, 3.05) is 26.4 Å². The fourth-order valence-corrected chi connectivity index (χ4v) is 3.17. The highest BCUT2D eigenvalue weighted by Crippen LogP contribution is 2.38. The Morgan fingerprint density at radius 1 is 1.19 bits per heavy atom. The fraction of sp³-hybridized carbons (Fsp3) is 0.350. The summed E-state index contributed by atoms with van der Waals surface area (Å²) in [6.07, 6.45) is 0.222. The predicted molar refractivity (Wildman–Crippen MR) is 101 cm³/mol. The van der Waals surface area contributed by atoms with Gasteiger partial charge in [-0.2, -0.15) is 0 Å². The highest BCUT2D eigenvalue weighted by atomic mass is 35.5. The summed E-state index contributed by atoms with van der Waals surface area (Å²) in [6, 6.07) is 9.55. The van der Waals surface area contributed by atoms with E-state index in [1.807, 2.05) is 32.0 Å². The van der Waals surface area contributed by atoms with Gasteiger partial charge in [-0.15, -0.1) is 0 Å². The van der Waals surface area contributed by atoms with Crippen molar-refractivity contribution < 1.29 is 19.0 Å². The zero-order valence-electron chi connectivity index (χ0n) is 14.9. The largest absolute Gasteiger partial charge is 0.491 e. The number of carbonyl (C=O) groups is 1. The fourth-order valence-electron chi connectivity index (χ4n) is 2.88. The summed E-state index contributed by atoms with van der Waals surface area (Å²) in [4.78, 5) is 12.2. The van der Waals surface area contributed by atoms with Crippen LogP contribution in [-0.2, 0) is 11.2 Å². The van der Waals surface area contributed by atoms with Crippen molar-refractivity contribution in [1.29, 1.82) is 0 Å². The SMILES string of the molecule is Cc1cccc(C)c1OCCNC(=O)Cc1cc(Cl)c2c(c1)OCCO2. The normalized spacial score (nSPS) is 12.6. The number of rotatable bonds is 6. The van der Waals surface area contributed by atoms with Crippen LogP contribution in [0.25, 0.3) is 0 Å². The van der Waals surface area contributed by atoms with Gasteiger partial charge in [0.1, 0.15) is 25.6 Å². The Bertz CT molecular complexity index is 786. The van der Waals surface area contributed by atoms with Crippen molar-refractivity contribution in [2.45, 2.75) is 20.3 Å². The molecule has 0 spiro atoms. The van der Waals surface area contributed by atoms with E-state index in [0.29, 0.717) is 42.9 Å². The van der Waals surface area contributed by atoms with Crippen molar-refractivity contribution >= 4 is 17.5 Å². The lowest BCUT2D eigenvalue weighted by Crippen LogP contribution is -2.29. The van der Waals surface area contributed by atoms with Crippen LogP contribution in [0.3, 0.4) is 0 Å². The number of amides is 1. The molecule has 0 atom stereocenters. The van der Waals surface area contributed by atoms with Gasteiger partial charge in [0.25, 0.3) is 0 Å². The monoisotopic (exact) mass is 375 g/mol.